The van der Waals surface area contributed by atoms with Crippen molar-refractivity contribution >= 4 is 19.8 Å². The molecule has 1 heterocycles. The van der Waals surface area contributed by atoms with Gasteiger partial charge in [0.05, 0.1) is 12.7 Å². The second-order valence-electron chi connectivity index (χ2n) is 16.3. The minimum Gasteiger partial charge on any atom is -0.462 e. The molecule has 15 heteroatoms. The molecule has 0 bridgehead atoms. The summed E-state index contributed by atoms with van der Waals surface area (Å²) < 4.78 is 39.2. The fourth-order valence-corrected chi connectivity index (χ4v) is 7.99. The van der Waals surface area contributed by atoms with Gasteiger partial charge in [0.1, 0.15) is 49.3 Å². The van der Waals surface area contributed by atoms with Crippen molar-refractivity contribution in [2.75, 3.05) is 13.2 Å². The molecule has 0 aromatic rings. The summed E-state index contributed by atoms with van der Waals surface area (Å²) in [6.07, 6.45) is 28.7. The van der Waals surface area contributed by atoms with Crippen LogP contribution < -0.4 is 0 Å². The van der Waals surface area contributed by atoms with E-state index in [9.17, 15) is 44.6 Å². The monoisotopic (exact) mass is 899 g/mol. The Labute approximate surface area is 370 Å². The lowest BCUT2D eigenvalue weighted by molar-refractivity contribution is -0.220. The van der Waals surface area contributed by atoms with E-state index in [4.69, 9.17) is 23.3 Å². The number of aliphatic hydroxyl groups excluding tert-OH is 5. The van der Waals surface area contributed by atoms with E-state index < -0.39 is 75.7 Å². The molecule has 1 saturated carbocycles. The molecule has 8 atom stereocenters. The Bertz CT molecular complexity index is 1380. The number of aliphatic hydroxyl groups is 5. The van der Waals surface area contributed by atoms with Crippen LogP contribution in [0.15, 0.2) is 60.8 Å². The van der Waals surface area contributed by atoms with E-state index in [0.717, 1.165) is 38.5 Å². The standard InChI is InChI=1S/C47H79O14P/c1-3-5-7-9-11-13-15-17-18-19-21-23-25-27-29-33-40(48)57-35-37(36-58-62(55,56)61-47-45(53)43(51)42(50)44(52)46(47)54)59-41(49)34-30-32-39-38(60-39)31-28-26-24-22-20-16-14-12-10-8-6-4-2/h6,8,12,14,20,22,24,26,28,31,37-39,42-47,50-54H,3-5,7,9-11,13,15-19,21,23,25,27,29-30,32-36H2,1-2H3,(H,55,56)/b8-6-,14-12-,22-20-,26-24+,31-28+. The van der Waals surface area contributed by atoms with Crippen LogP contribution in [0.5, 0.6) is 0 Å². The van der Waals surface area contributed by atoms with Gasteiger partial charge >= 0.3 is 19.8 Å². The second kappa shape index (κ2) is 33.9. The van der Waals surface area contributed by atoms with Crippen LogP contribution >= 0.6 is 7.82 Å². The van der Waals surface area contributed by atoms with Crippen molar-refractivity contribution in [1.29, 1.82) is 0 Å². The number of esters is 2. The average molecular weight is 899 g/mol. The second-order valence-corrected chi connectivity index (χ2v) is 17.7. The summed E-state index contributed by atoms with van der Waals surface area (Å²) in [6.45, 7) is 3.10. The highest BCUT2D eigenvalue weighted by Gasteiger charge is 2.51. The normalized spacial score (nSPS) is 25.7. The number of hydrogen-bond donors (Lipinski definition) is 6. The maximum absolute atomic E-state index is 12.8. The van der Waals surface area contributed by atoms with Crippen LogP contribution in [0.1, 0.15) is 155 Å². The van der Waals surface area contributed by atoms with Gasteiger partial charge in [-0.05, 0) is 38.5 Å². The van der Waals surface area contributed by atoms with E-state index in [1.165, 1.54) is 70.6 Å². The zero-order valence-electron chi connectivity index (χ0n) is 37.3. The van der Waals surface area contributed by atoms with E-state index in [-0.39, 0.29) is 25.0 Å². The Balaban J connectivity index is 1.76. The molecule has 0 radical (unpaired) electrons. The van der Waals surface area contributed by atoms with Crippen LogP contribution in [0, 0.1) is 0 Å². The predicted octanol–water partition coefficient (Wildman–Crippen LogP) is 7.93. The van der Waals surface area contributed by atoms with Gasteiger partial charge in [0.25, 0.3) is 0 Å². The Morgan fingerprint density at radius 3 is 1.73 bits per heavy atom. The van der Waals surface area contributed by atoms with E-state index in [2.05, 4.69) is 44.2 Å². The van der Waals surface area contributed by atoms with Gasteiger partial charge in [0.2, 0.25) is 0 Å². The van der Waals surface area contributed by atoms with Gasteiger partial charge in [-0.1, -0.05) is 164 Å². The summed E-state index contributed by atoms with van der Waals surface area (Å²) in [4.78, 5) is 35.8. The van der Waals surface area contributed by atoms with Crippen molar-refractivity contribution < 1.29 is 67.8 Å². The van der Waals surface area contributed by atoms with Crippen LogP contribution in [-0.2, 0) is 37.4 Å². The van der Waals surface area contributed by atoms with Gasteiger partial charge in [-0.25, -0.2) is 4.57 Å². The molecule has 6 N–H and O–H groups in total. The van der Waals surface area contributed by atoms with Crippen LogP contribution in [-0.4, -0.2) is 111 Å². The molecule has 8 unspecified atom stereocenters. The Morgan fingerprint density at radius 1 is 0.613 bits per heavy atom. The lowest BCUT2D eigenvalue weighted by atomic mass is 9.85. The van der Waals surface area contributed by atoms with Crippen molar-refractivity contribution in [3.63, 3.8) is 0 Å². The summed E-state index contributed by atoms with van der Waals surface area (Å²) in [5.74, 6) is -1.20. The quantitative estimate of drug-likeness (QED) is 0.00878. The van der Waals surface area contributed by atoms with Crippen molar-refractivity contribution in [1.82, 2.24) is 0 Å². The van der Waals surface area contributed by atoms with Gasteiger partial charge < -0.3 is 44.6 Å². The van der Waals surface area contributed by atoms with Gasteiger partial charge in [-0.2, -0.15) is 0 Å². The Hall–Kier alpha value is -2.49. The van der Waals surface area contributed by atoms with Gasteiger partial charge in [-0.15, -0.1) is 0 Å². The van der Waals surface area contributed by atoms with E-state index in [1.807, 2.05) is 30.4 Å². The summed E-state index contributed by atoms with van der Waals surface area (Å²) in [6, 6.07) is 0. The number of carbonyl (C=O) groups is 2. The largest absolute Gasteiger partial charge is 0.472 e. The molecule has 14 nitrogen and oxygen atoms in total. The molecule has 0 amide bonds. The van der Waals surface area contributed by atoms with E-state index in [1.54, 1.807) is 0 Å². The first-order chi connectivity index (χ1) is 29.9. The lowest BCUT2D eigenvalue weighted by Gasteiger charge is -2.41. The average Bonchev–Trinajstić information content (AvgIpc) is 4.01. The maximum atomic E-state index is 12.8. The van der Waals surface area contributed by atoms with Crippen LogP contribution in [0.4, 0.5) is 0 Å². The summed E-state index contributed by atoms with van der Waals surface area (Å²) in [7, 11) is -5.15. The number of carbonyl (C=O) groups excluding carboxylic acids is 2. The first-order valence-electron chi connectivity index (χ1n) is 23.3. The molecular weight excluding hydrogens is 819 g/mol. The third-order valence-electron chi connectivity index (χ3n) is 10.8. The molecule has 356 valence electrons. The molecule has 1 aliphatic heterocycles. The molecule has 1 aliphatic carbocycles. The third kappa shape index (κ3) is 25.7. The molecule has 62 heavy (non-hydrogen) atoms. The maximum Gasteiger partial charge on any atom is 0.472 e. The molecular formula is C47H79O14P. The number of rotatable bonds is 36. The molecule has 2 rings (SSSR count). The molecule has 2 aliphatic rings. The highest BCUT2D eigenvalue weighted by atomic mass is 31.2. The van der Waals surface area contributed by atoms with E-state index in [0.29, 0.717) is 19.3 Å². The number of phosphoric acid groups is 1. The molecule has 2 fully saturated rings. The molecule has 0 aromatic heterocycles. The summed E-state index contributed by atoms with van der Waals surface area (Å²) >= 11 is 0. The van der Waals surface area contributed by atoms with Gasteiger partial charge in [0, 0.05) is 12.8 Å². The zero-order valence-corrected chi connectivity index (χ0v) is 38.2. The van der Waals surface area contributed by atoms with Crippen molar-refractivity contribution in [3.8, 4) is 0 Å². The first-order valence-corrected chi connectivity index (χ1v) is 24.8. The fourth-order valence-electron chi connectivity index (χ4n) is 7.02. The fraction of sp³-hybridized carbons (Fsp3) is 0.745. The first kappa shape index (κ1) is 55.6. The minimum absolute atomic E-state index is 0.0141. The number of epoxide rings is 1. The minimum atomic E-state index is -5.15. The number of unbranched alkanes of at least 4 members (excludes halogenated alkanes) is 14. The predicted molar refractivity (Wildman–Crippen MR) is 239 cm³/mol. The highest BCUT2D eigenvalue weighted by Crippen LogP contribution is 2.47. The van der Waals surface area contributed by atoms with Crippen LogP contribution in [0.2, 0.25) is 0 Å². The third-order valence-corrected chi connectivity index (χ3v) is 11.8. The molecule has 1 saturated heterocycles. The van der Waals surface area contributed by atoms with Crippen molar-refractivity contribution in [2.24, 2.45) is 0 Å². The zero-order chi connectivity index (χ0) is 45.4. The topological polar surface area (TPSA) is 222 Å². The Morgan fingerprint density at radius 2 is 1.13 bits per heavy atom. The number of hydrogen-bond acceptors (Lipinski definition) is 13. The van der Waals surface area contributed by atoms with Crippen LogP contribution in [0.25, 0.3) is 0 Å². The van der Waals surface area contributed by atoms with Crippen molar-refractivity contribution in [2.45, 2.75) is 210 Å². The summed E-state index contributed by atoms with van der Waals surface area (Å²) in [5.41, 5.74) is 0. The van der Waals surface area contributed by atoms with Crippen LogP contribution in [0.3, 0.4) is 0 Å². The Kier molecular flexibility index (Phi) is 30.5. The highest BCUT2D eigenvalue weighted by molar-refractivity contribution is 7.47. The smallest absolute Gasteiger partial charge is 0.462 e. The van der Waals surface area contributed by atoms with Gasteiger partial charge in [0.15, 0.2) is 6.10 Å². The SMILES string of the molecule is CC/C=C\C/C=C\C\C=C/C=C/C=C/C1OC1CCCC(=O)OC(COC(=O)CCCCCCCCCCCCCCCCC)COP(=O)(O)OC1C(O)C(O)C(O)C(O)C1O. The lowest BCUT2D eigenvalue weighted by Crippen LogP contribution is -2.64. The number of allylic oxidation sites excluding steroid dienone is 9. The number of ether oxygens (including phenoxy) is 3. The summed E-state index contributed by atoms with van der Waals surface area (Å²) in [5, 5.41) is 50.2. The number of phosphoric ester groups is 1. The molecule has 0 spiro atoms. The van der Waals surface area contributed by atoms with E-state index >= 15 is 0 Å². The molecule has 0 aromatic carbocycles. The van der Waals surface area contributed by atoms with Gasteiger partial charge in [-0.3, -0.25) is 18.6 Å². The van der Waals surface area contributed by atoms with Crippen molar-refractivity contribution in [3.05, 3.63) is 60.8 Å².